The molecule has 1 aromatic rings. The third-order valence-corrected chi connectivity index (χ3v) is 4.47. The van der Waals surface area contributed by atoms with Crippen LogP contribution in [0.2, 0.25) is 0 Å². The lowest BCUT2D eigenvalue weighted by Crippen LogP contribution is -2.49. The van der Waals surface area contributed by atoms with E-state index in [4.69, 9.17) is 5.73 Å². The molecule has 0 saturated carbocycles. The van der Waals surface area contributed by atoms with Gasteiger partial charge in [0.15, 0.2) is 0 Å². The van der Waals surface area contributed by atoms with Gasteiger partial charge in [-0.2, -0.15) is 0 Å². The lowest BCUT2D eigenvalue weighted by atomic mass is 9.94. The molecular formula is C13H22N2OS. The summed E-state index contributed by atoms with van der Waals surface area (Å²) in [6.45, 7) is 6.73. The van der Waals surface area contributed by atoms with Crippen LogP contribution in [0.5, 0.6) is 0 Å². The maximum atomic E-state index is 11.9. The molecule has 3 nitrogen and oxygen atoms in total. The predicted molar refractivity (Wildman–Crippen MR) is 73.5 cm³/mol. The van der Waals surface area contributed by atoms with Crippen LogP contribution >= 0.6 is 11.3 Å². The van der Waals surface area contributed by atoms with E-state index in [1.807, 2.05) is 12.1 Å². The maximum absolute atomic E-state index is 11.9. The van der Waals surface area contributed by atoms with Gasteiger partial charge in [0.25, 0.3) is 5.91 Å². The van der Waals surface area contributed by atoms with E-state index in [0.29, 0.717) is 6.54 Å². The van der Waals surface area contributed by atoms with Gasteiger partial charge in [-0.3, -0.25) is 4.79 Å². The van der Waals surface area contributed by atoms with Crippen LogP contribution < -0.4 is 11.1 Å². The van der Waals surface area contributed by atoms with E-state index >= 15 is 0 Å². The summed E-state index contributed by atoms with van der Waals surface area (Å²) in [4.78, 5) is 13.9. The number of carbonyl (C=O) groups is 1. The first kappa shape index (κ1) is 14.2. The van der Waals surface area contributed by atoms with Crippen molar-refractivity contribution in [3.63, 3.8) is 0 Å². The molecule has 1 aromatic heterocycles. The zero-order chi connectivity index (χ0) is 12.9. The minimum Gasteiger partial charge on any atom is -0.349 e. The van der Waals surface area contributed by atoms with Gasteiger partial charge in [-0.15, -0.1) is 11.3 Å². The molecule has 0 radical (unpaired) electrons. The highest BCUT2D eigenvalue weighted by Gasteiger charge is 2.21. The normalized spacial score (nSPS) is 11.5. The van der Waals surface area contributed by atoms with Gasteiger partial charge in [-0.05, 0) is 31.4 Å². The second-order valence-corrected chi connectivity index (χ2v) is 5.54. The van der Waals surface area contributed by atoms with Crippen molar-refractivity contribution in [3.8, 4) is 0 Å². The van der Waals surface area contributed by atoms with Crippen molar-refractivity contribution >= 4 is 17.2 Å². The van der Waals surface area contributed by atoms with E-state index in [2.05, 4.69) is 26.1 Å². The van der Waals surface area contributed by atoms with Gasteiger partial charge >= 0.3 is 0 Å². The first-order chi connectivity index (χ1) is 8.04. The quantitative estimate of drug-likeness (QED) is 0.819. The Hall–Kier alpha value is -0.870. The van der Waals surface area contributed by atoms with Crippen LogP contribution in [0.25, 0.3) is 0 Å². The molecule has 0 aliphatic rings. The van der Waals surface area contributed by atoms with Crippen LogP contribution in [-0.4, -0.2) is 18.0 Å². The van der Waals surface area contributed by atoms with Crippen molar-refractivity contribution < 1.29 is 4.79 Å². The fourth-order valence-electron chi connectivity index (χ4n) is 1.53. The monoisotopic (exact) mass is 254 g/mol. The zero-order valence-corrected chi connectivity index (χ0v) is 11.7. The summed E-state index contributed by atoms with van der Waals surface area (Å²) in [5.41, 5.74) is 5.87. The summed E-state index contributed by atoms with van der Waals surface area (Å²) < 4.78 is 0. The maximum Gasteiger partial charge on any atom is 0.261 e. The lowest BCUT2D eigenvalue weighted by Gasteiger charge is -2.26. The SMILES string of the molecule is CCc1ccc(C(=O)NCC(N)(CC)CC)s1. The Balaban J connectivity index is 2.55. The van der Waals surface area contributed by atoms with Gasteiger partial charge in [0.05, 0.1) is 4.88 Å². The Morgan fingerprint density at radius 2 is 2.00 bits per heavy atom. The molecule has 0 aromatic carbocycles. The lowest BCUT2D eigenvalue weighted by molar-refractivity contribution is 0.0946. The van der Waals surface area contributed by atoms with E-state index in [0.717, 1.165) is 24.1 Å². The summed E-state index contributed by atoms with van der Waals surface area (Å²) in [7, 11) is 0. The Bertz CT molecular complexity index is 369. The minimum absolute atomic E-state index is 0.00794. The molecule has 0 atom stereocenters. The molecule has 1 heterocycles. The highest BCUT2D eigenvalue weighted by Crippen LogP contribution is 2.17. The van der Waals surface area contributed by atoms with Crippen molar-refractivity contribution in [1.29, 1.82) is 0 Å². The summed E-state index contributed by atoms with van der Waals surface area (Å²) in [6, 6.07) is 3.89. The van der Waals surface area contributed by atoms with Crippen LogP contribution in [-0.2, 0) is 6.42 Å². The number of rotatable bonds is 6. The Labute approximate surface area is 107 Å². The molecule has 96 valence electrons. The molecule has 0 spiro atoms. The molecule has 0 aliphatic heterocycles. The first-order valence-corrected chi connectivity index (χ1v) is 7.02. The van der Waals surface area contributed by atoms with Crippen molar-refractivity contribution in [3.05, 3.63) is 21.9 Å². The third-order valence-electron chi connectivity index (χ3n) is 3.24. The van der Waals surface area contributed by atoms with E-state index in [-0.39, 0.29) is 11.4 Å². The molecule has 4 heteroatoms. The van der Waals surface area contributed by atoms with Gasteiger partial charge < -0.3 is 11.1 Å². The highest BCUT2D eigenvalue weighted by atomic mass is 32.1. The van der Waals surface area contributed by atoms with Crippen LogP contribution in [0.3, 0.4) is 0 Å². The molecular weight excluding hydrogens is 232 g/mol. The summed E-state index contributed by atoms with van der Waals surface area (Å²) >= 11 is 1.55. The predicted octanol–water partition coefficient (Wildman–Crippen LogP) is 2.56. The van der Waals surface area contributed by atoms with Crippen molar-refractivity contribution in [2.75, 3.05) is 6.54 Å². The van der Waals surface area contributed by atoms with E-state index in [1.54, 1.807) is 11.3 Å². The Kier molecular flexibility index (Phi) is 5.15. The number of aryl methyl sites for hydroxylation is 1. The second kappa shape index (κ2) is 6.17. The molecule has 0 unspecified atom stereocenters. The van der Waals surface area contributed by atoms with Crippen LogP contribution in [0.15, 0.2) is 12.1 Å². The number of amides is 1. The minimum atomic E-state index is -0.277. The Morgan fingerprint density at radius 1 is 1.35 bits per heavy atom. The van der Waals surface area contributed by atoms with Gasteiger partial charge in [0.2, 0.25) is 0 Å². The summed E-state index contributed by atoms with van der Waals surface area (Å²) in [6.07, 6.45) is 2.71. The van der Waals surface area contributed by atoms with E-state index in [9.17, 15) is 4.79 Å². The number of thiophene rings is 1. The largest absolute Gasteiger partial charge is 0.349 e. The van der Waals surface area contributed by atoms with Gasteiger partial charge in [-0.25, -0.2) is 0 Å². The van der Waals surface area contributed by atoms with Crippen molar-refractivity contribution in [2.45, 2.75) is 45.6 Å². The van der Waals surface area contributed by atoms with Crippen LogP contribution in [0, 0.1) is 0 Å². The first-order valence-electron chi connectivity index (χ1n) is 6.20. The molecule has 0 saturated heterocycles. The number of nitrogens with one attached hydrogen (secondary N) is 1. The highest BCUT2D eigenvalue weighted by molar-refractivity contribution is 7.14. The summed E-state index contributed by atoms with van der Waals surface area (Å²) in [5, 5.41) is 2.93. The van der Waals surface area contributed by atoms with E-state index in [1.165, 1.54) is 4.88 Å². The third kappa shape index (κ3) is 3.82. The number of nitrogens with two attached hydrogens (primary N) is 1. The Morgan fingerprint density at radius 3 is 2.47 bits per heavy atom. The van der Waals surface area contributed by atoms with E-state index < -0.39 is 0 Å². The number of hydrogen-bond donors (Lipinski definition) is 2. The standard InChI is InChI=1S/C13H22N2OS/c1-4-10-7-8-11(17-10)12(16)15-9-13(14,5-2)6-3/h7-8H,4-6,9,14H2,1-3H3,(H,15,16). The second-order valence-electron chi connectivity index (χ2n) is 4.37. The van der Waals surface area contributed by atoms with Crippen LogP contribution in [0.1, 0.15) is 48.2 Å². The fourth-order valence-corrected chi connectivity index (χ4v) is 2.40. The number of carbonyl (C=O) groups excluding carboxylic acids is 1. The van der Waals surface area contributed by atoms with Gasteiger partial charge in [-0.1, -0.05) is 20.8 Å². The summed E-state index contributed by atoms with van der Waals surface area (Å²) in [5.74, 6) is -0.00794. The molecule has 1 amide bonds. The molecule has 0 bridgehead atoms. The zero-order valence-electron chi connectivity index (χ0n) is 10.9. The smallest absolute Gasteiger partial charge is 0.261 e. The fraction of sp³-hybridized carbons (Fsp3) is 0.615. The average Bonchev–Trinajstić information content (AvgIpc) is 2.84. The van der Waals surface area contributed by atoms with Gasteiger partial charge in [0.1, 0.15) is 0 Å². The van der Waals surface area contributed by atoms with Crippen molar-refractivity contribution in [1.82, 2.24) is 5.32 Å². The molecule has 1 rings (SSSR count). The average molecular weight is 254 g/mol. The van der Waals surface area contributed by atoms with Crippen molar-refractivity contribution in [2.24, 2.45) is 5.73 Å². The molecule has 3 N–H and O–H groups in total. The van der Waals surface area contributed by atoms with Crippen LogP contribution in [0.4, 0.5) is 0 Å². The topological polar surface area (TPSA) is 55.1 Å². The number of hydrogen-bond acceptors (Lipinski definition) is 3. The molecule has 0 aliphatic carbocycles. The van der Waals surface area contributed by atoms with Gasteiger partial charge in [0, 0.05) is 17.0 Å². The molecule has 17 heavy (non-hydrogen) atoms. The molecule has 0 fully saturated rings.